The van der Waals surface area contributed by atoms with Crippen LogP contribution in [0.5, 0.6) is 0 Å². The SMILES string of the molecule is CC(C)(C)c1ccc(N(c2ccc(C(C)(C)C)cc2)c2ccc3c(c2)C(C)(C)c2cc(/C=C/c4ccc5c(c4)C(C)(C)c4cc(N(c6ccccc6)c6ccccc6)ccc4-5)ccc2-3)cc1. The van der Waals surface area contributed by atoms with Crippen molar-refractivity contribution in [1.82, 2.24) is 0 Å². The number of hydrogen-bond acceptors (Lipinski definition) is 2. The molecular formula is C64H62N2. The van der Waals surface area contributed by atoms with Gasteiger partial charge in [-0.05, 0) is 150 Å². The van der Waals surface area contributed by atoms with Gasteiger partial charge in [0.2, 0.25) is 0 Å². The van der Waals surface area contributed by atoms with E-state index in [-0.39, 0.29) is 21.7 Å². The van der Waals surface area contributed by atoms with Crippen LogP contribution in [0, 0.1) is 0 Å². The highest BCUT2D eigenvalue weighted by atomic mass is 15.1. The molecule has 10 rings (SSSR count). The number of nitrogens with zero attached hydrogens (tertiary/aromatic N) is 2. The molecule has 2 aliphatic rings. The molecule has 8 aromatic carbocycles. The van der Waals surface area contributed by atoms with Gasteiger partial charge in [0, 0.05) is 45.0 Å². The summed E-state index contributed by atoms with van der Waals surface area (Å²) in [6.45, 7) is 23.2. The van der Waals surface area contributed by atoms with E-state index in [1.807, 2.05) is 0 Å². The highest BCUT2D eigenvalue weighted by Crippen LogP contribution is 2.53. The van der Waals surface area contributed by atoms with Crippen LogP contribution in [0.15, 0.2) is 182 Å². The third-order valence-electron chi connectivity index (χ3n) is 14.4. The predicted octanol–water partition coefficient (Wildman–Crippen LogP) is 18.0. The summed E-state index contributed by atoms with van der Waals surface area (Å²) >= 11 is 0. The Labute approximate surface area is 393 Å². The molecule has 2 heteroatoms. The van der Waals surface area contributed by atoms with Gasteiger partial charge in [0.1, 0.15) is 0 Å². The maximum absolute atomic E-state index is 2.44. The molecule has 0 bridgehead atoms. The fourth-order valence-electron chi connectivity index (χ4n) is 10.4. The first-order valence-corrected chi connectivity index (χ1v) is 23.7. The van der Waals surface area contributed by atoms with Crippen molar-refractivity contribution in [2.75, 3.05) is 9.80 Å². The normalized spacial score (nSPS) is 14.4. The average Bonchev–Trinajstić information content (AvgIpc) is 3.67. The standard InChI is InChI=1S/C64H62N2/c1-61(2,3)45-25-29-49(30-26-45)66(50-31-27-46(28-32-50)62(4,5)6)52-34-38-56-54-36-24-44(40-58(54)64(9,10)60(56)42-52)22-21-43-23-35-53-55-37-33-51(41-59(55)63(7,8)57(53)39-43)65(47-17-13-11-14-18-47)48-19-15-12-16-20-48/h11-42H,1-10H3/b22-21+. The molecule has 328 valence electrons. The Bertz CT molecular complexity index is 3020. The summed E-state index contributed by atoms with van der Waals surface area (Å²) < 4.78 is 0. The predicted molar refractivity (Wildman–Crippen MR) is 284 cm³/mol. The topological polar surface area (TPSA) is 6.48 Å². The van der Waals surface area contributed by atoms with Crippen molar-refractivity contribution < 1.29 is 0 Å². The van der Waals surface area contributed by atoms with Gasteiger partial charge in [-0.2, -0.15) is 0 Å². The van der Waals surface area contributed by atoms with Gasteiger partial charge in [0.15, 0.2) is 0 Å². The average molecular weight is 859 g/mol. The molecule has 0 amide bonds. The molecule has 0 atom stereocenters. The molecule has 0 unspecified atom stereocenters. The summed E-state index contributed by atoms with van der Waals surface area (Å²) in [5.74, 6) is 0. The van der Waals surface area contributed by atoms with Crippen molar-refractivity contribution in [2.45, 2.75) is 90.9 Å². The van der Waals surface area contributed by atoms with Crippen LogP contribution in [0.4, 0.5) is 34.1 Å². The molecule has 2 aliphatic carbocycles. The van der Waals surface area contributed by atoms with E-state index < -0.39 is 0 Å². The number of hydrogen-bond donors (Lipinski definition) is 0. The number of rotatable bonds is 8. The van der Waals surface area contributed by atoms with Crippen molar-refractivity contribution >= 4 is 46.3 Å². The monoisotopic (exact) mass is 858 g/mol. The van der Waals surface area contributed by atoms with E-state index in [9.17, 15) is 0 Å². The Morgan fingerprint density at radius 2 is 0.606 bits per heavy atom. The minimum atomic E-state index is -0.179. The van der Waals surface area contributed by atoms with E-state index in [1.54, 1.807) is 0 Å². The van der Waals surface area contributed by atoms with Crippen LogP contribution in [0.2, 0.25) is 0 Å². The second-order valence-electron chi connectivity index (χ2n) is 21.6. The van der Waals surface area contributed by atoms with E-state index in [2.05, 4.69) is 273 Å². The molecule has 0 N–H and O–H groups in total. The second-order valence-corrected chi connectivity index (χ2v) is 21.6. The highest BCUT2D eigenvalue weighted by Gasteiger charge is 2.38. The smallest absolute Gasteiger partial charge is 0.0465 e. The van der Waals surface area contributed by atoms with Gasteiger partial charge in [0.05, 0.1) is 0 Å². The van der Waals surface area contributed by atoms with Crippen LogP contribution in [0.1, 0.15) is 114 Å². The minimum absolute atomic E-state index is 0.0835. The zero-order valence-electron chi connectivity index (χ0n) is 40.4. The second kappa shape index (κ2) is 15.9. The lowest BCUT2D eigenvalue weighted by Crippen LogP contribution is -2.17. The lowest BCUT2D eigenvalue weighted by atomic mass is 9.81. The Morgan fingerprint density at radius 1 is 0.318 bits per heavy atom. The Kier molecular flexibility index (Phi) is 10.4. The number of fused-ring (bicyclic) bond motifs is 6. The zero-order chi connectivity index (χ0) is 46.2. The maximum atomic E-state index is 2.44. The van der Waals surface area contributed by atoms with Crippen molar-refractivity contribution in [3.05, 3.63) is 226 Å². The van der Waals surface area contributed by atoms with Crippen molar-refractivity contribution in [3.63, 3.8) is 0 Å². The van der Waals surface area contributed by atoms with E-state index in [0.717, 1.165) is 22.7 Å². The van der Waals surface area contributed by atoms with Gasteiger partial charge in [-0.3, -0.25) is 0 Å². The molecule has 0 spiro atoms. The third-order valence-corrected chi connectivity index (χ3v) is 14.4. The molecule has 0 aromatic heterocycles. The molecule has 0 fully saturated rings. The van der Waals surface area contributed by atoms with Crippen molar-refractivity contribution in [1.29, 1.82) is 0 Å². The van der Waals surface area contributed by atoms with Crippen LogP contribution in [-0.2, 0) is 21.7 Å². The Balaban J connectivity index is 0.940. The minimum Gasteiger partial charge on any atom is -0.310 e. The molecule has 2 nitrogen and oxygen atoms in total. The lowest BCUT2D eigenvalue weighted by molar-refractivity contribution is 0.590. The van der Waals surface area contributed by atoms with Crippen LogP contribution >= 0.6 is 0 Å². The van der Waals surface area contributed by atoms with Gasteiger partial charge in [0.25, 0.3) is 0 Å². The molecule has 0 saturated heterocycles. The van der Waals surface area contributed by atoms with Gasteiger partial charge >= 0.3 is 0 Å². The summed E-state index contributed by atoms with van der Waals surface area (Å²) in [7, 11) is 0. The van der Waals surface area contributed by atoms with Crippen LogP contribution in [0.3, 0.4) is 0 Å². The number of benzene rings is 8. The Morgan fingerprint density at radius 3 is 0.939 bits per heavy atom. The molecule has 8 aromatic rings. The molecular weight excluding hydrogens is 797 g/mol. The van der Waals surface area contributed by atoms with Gasteiger partial charge < -0.3 is 9.80 Å². The largest absolute Gasteiger partial charge is 0.310 e. The van der Waals surface area contributed by atoms with E-state index in [4.69, 9.17) is 0 Å². The molecule has 0 radical (unpaired) electrons. The summed E-state index contributed by atoms with van der Waals surface area (Å²) in [6, 6.07) is 67.8. The van der Waals surface area contributed by atoms with Crippen LogP contribution < -0.4 is 9.80 Å². The van der Waals surface area contributed by atoms with Crippen LogP contribution in [0.25, 0.3) is 34.4 Å². The summed E-state index contributed by atoms with van der Waals surface area (Å²) in [5.41, 5.74) is 22.6. The van der Waals surface area contributed by atoms with E-state index >= 15 is 0 Å². The molecule has 0 saturated carbocycles. The zero-order valence-corrected chi connectivity index (χ0v) is 40.4. The number of para-hydroxylation sites is 2. The fraction of sp³-hybridized carbons (Fsp3) is 0.219. The summed E-state index contributed by atoms with van der Waals surface area (Å²) in [5, 5.41) is 0. The quantitative estimate of drug-likeness (QED) is 0.141. The molecule has 0 heterocycles. The molecule has 66 heavy (non-hydrogen) atoms. The van der Waals surface area contributed by atoms with Gasteiger partial charge in [-0.1, -0.05) is 191 Å². The lowest BCUT2D eigenvalue weighted by Gasteiger charge is -2.29. The fourth-order valence-corrected chi connectivity index (χ4v) is 10.4. The third kappa shape index (κ3) is 7.57. The van der Waals surface area contributed by atoms with Gasteiger partial charge in [-0.25, -0.2) is 0 Å². The van der Waals surface area contributed by atoms with Gasteiger partial charge in [-0.15, -0.1) is 0 Å². The molecule has 0 aliphatic heterocycles. The maximum Gasteiger partial charge on any atom is 0.0465 e. The summed E-state index contributed by atoms with van der Waals surface area (Å²) in [6.07, 6.45) is 4.58. The van der Waals surface area contributed by atoms with Crippen molar-refractivity contribution in [2.24, 2.45) is 0 Å². The number of anilines is 6. The van der Waals surface area contributed by atoms with Crippen LogP contribution in [-0.4, -0.2) is 0 Å². The Hall–Kier alpha value is -6.90. The first-order chi connectivity index (χ1) is 31.5. The summed E-state index contributed by atoms with van der Waals surface area (Å²) in [4.78, 5) is 4.78. The highest BCUT2D eigenvalue weighted by molar-refractivity contribution is 5.89. The first kappa shape index (κ1) is 43.0. The van der Waals surface area contributed by atoms with E-state index in [0.29, 0.717) is 0 Å². The van der Waals surface area contributed by atoms with E-state index in [1.165, 1.54) is 78.1 Å². The van der Waals surface area contributed by atoms with Crippen molar-refractivity contribution in [3.8, 4) is 22.3 Å². The first-order valence-electron chi connectivity index (χ1n) is 23.7.